The number of carbonyl (C=O) groups excluding carboxylic acids is 2. The predicted molar refractivity (Wildman–Crippen MR) is 98.1 cm³/mol. The number of amides is 2. The average molecular weight is 347 g/mol. The molecule has 24 heavy (non-hydrogen) atoms. The van der Waals surface area contributed by atoms with E-state index in [0.29, 0.717) is 19.0 Å². The van der Waals surface area contributed by atoms with Crippen molar-refractivity contribution in [3.05, 3.63) is 29.8 Å². The van der Waals surface area contributed by atoms with Crippen LogP contribution in [0.4, 0.5) is 5.69 Å². The van der Waals surface area contributed by atoms with Crippen molar-refractivity contribution in [3.63, 3.8) is 0 Å². The van der Waals surface area contributed by atoms with Gasteiger partial charge >= 0.3 is 0 Å². The smallest absolute Gasteiger partial charge is 0.225 e. The van der Waals surface area contributed by atoms with Crippen LogP contribution in [0, 0.1) is 0 Å². The Morgan fingerprint density at radius 3 is 2.62 bits per heavy atom. The highest BCUT2D eigenvalue weighted by Crippen LogP contribution is 2.28. The van der Waals surface area contributed by atoms with Gasteiger partial charge in [-0.1, -0.05) is 12.1 Å². The molecule has 2 fully saturated rings. The second-order valence-electron chi connectivity index (χ2n) is 6.55. The van der Waals surface area contributed by atoms with E-state index in [0.717, 1.165) is 42.1 Å². The number of hydrogen-bond acceptors (Lipinski definition) is 4. The van der Waals surface area contributed by atoms with Gasteiger partial charge in [0.05, 0.1) is 0 Å². The minimum atomic E-state index is 0.0473. The molecule has 1 aliphatic carbocycles. The second-order valence-corrected chi connectivity index (χ2v) is 7.70. The highest BCUT2D eigenvalue weighted by atomic mass is 32.2. The van der Waals surface area contributed by atoms with Crippen LogP contribution in [-0.4, -0.2) is 46.8 Å². The van der Waals surface area contributed by atoms with E-state index in [2.05, 4.69) is 10.6 Å². The molecule has 1 unspecified atom stereocenters. The highest BCUT2D eigenvalue weighted by Gasteiger charge is 2.30. The van der Waals surface area contributed by atoms with Gasteiger partial charge in [-0.15, -0.1) is 0 Å². The van der Waals surface area contributed by atoms with Crippen molar-refractivity contribution in [1.82, 2.24) is 10.2 Å². The van der Waals surface area contributed by atoms with Crippen LogP contribution in [0.2, 0.25) is 0 Å². The van der Waals surface area contributed by atoms with Crippen LogP contribution in [0.3, 0.4) is 0 Å². The van der Waals surface area contributed by atoms with E-state index in [-0.39, 0.29) is 17.9 Å². The molecule has 1 saturated heterocycles. The molecule has 1 saturated carbocycles. The minimum absolute atomic E-state index is 0.0473. The van der Waals surface area contributed by atoms with Crippen LogP contribution in [0.5, 0.6) is 0 Å². The quantitative estimate of drug-likeness (QED) is 0.828. The Morgan fingerprint density at radius 2 is 2.04 bits per heavy atom. The summed E-state index contributed by atoms with van der Waals surface area (Å²) in [5.74, 6) is 2.30. The predicted octanol–water partition coefficient (Wildman–Crippen LogP) is 2.23. The normalized spacial score (nSPS) is 20.5. The van der Waals surface area contributed by atoms with Gasteiger partial charge in [0, 0.05) is 55.7 Å². The van der Waals surface area contributed by atoms with Crippen LogP contribution in [0.25, 0.3) is 0 Å². The highest BCUT2D eigenvalue weighted by molar-refractivity contribution is 7.99. The van der Waals surface area contributed by atoms with Gasteiger partial charge in [0.25, 0.3) is 0 Å². The molecule has 2 aliphatic rings. The Kier molecular flexibility index (Phi) is 5.79. The summed E-state index contributed by atoms with van der Waals surface area (Å²) in [5.41, 5.74) is 1.91. The van der Waals surface area contributed by atoms with E-state index < -0.39 is 0 Å². The lowest BCUT2D eigenvalue weighted by molar-refractivity contribution is -0.130. The molecule has 2 N–H and O–H groups in total. The average Bonchev–Trinajstić information content (AvgIpc) is 3.39. The van der Waals surface area contributed by atoms with E-state index in [1.54, 1.807) is 6.92 Å². The Labute approximate surface area is 147 Å². The monoisotopic (exact) mass is 347 g/mol. The fourth-order valence-corrected chi connectivity index (χ4v) is 3.91. The van der Waals surface area contributed by atoms with Crippen LogP contribution >= 0.6 is 11.8 Å². The summed E-state index contributed by atoms with van der Waals surface area (Å²) >= 11 is 1.89. The topological polar surface area (TPSA) is 61.4 Å². The molecular weight excluding hydrogens is 322 g/mol. The van der Waals surface area contributed by atoms with E-state index in [1.165, 1.54) is 0 Å². The molecule has 1 aliphatic heterocycles. The van der Waals surface area contributed by atoms with Gasteiger partial charge in [0.15, 0.2) is 0 Å². The van der Waals surface area contributed by atoms with Gasteiger partial charge in [-0.3, -0.25) is 9.59 Å². The number of benzene rings is 1. The molecule has 0 bridgehead atoms. The molecule has 1 aromatic rings. The first-order chi connectivity index (χ1) is 11.6. The summed E-state index contributed by atoms with van der Waals surface area (Å²) in [7, 11) is 0. The van der Waals surface area contributed by atoms with Gasteiger partial charge in [-0.05, 0) is 30.5 Å². The van der Waals surface area contributed by atoms with Crippen molar-refractivity contribution in [2.75, 3.05) is 23.4 Å². The molecule has 130 valence electrons. The second kappa shape index (κ2) is 8.03. The molecule has 3 rings (SSSR count). The zero-order chi connectivity index (χ0) is 16.9. The number of rotatable bonds is 6. The number of thioether (sulfide) groups is 1. The fraction of sp³-hybridized carbons (Fsp3) is 0.556. The van der Waals surface area contributed by atoms with Crippen LogP contribution in [0.1, 0.15) is 31.7 Å². The lowest BCUT2D eigenvalue weighted by Gasteiger charge is -2.22. The first kappa shape index (κ1) is 17.3. The van der Waals surface area contributed by atoms with Crippen molar-refractivity contribution in [3.8, 4) is 0 Å². The van der Waals surface area contributed by atoms with E-state index in [9.17, 15) is 9.59 Å². The summed E-state index contributed by atoms with van der Waals surface area (Å²) < 4.78 is 0. The fourth-order valence-electron chi connectivity index (χ4n) is 2.96. The lowest BCUT2D eigenvalue weighted by atomic mass is 10.1. The maximum absolute atomic E-state index is 12.1. The Hall–Kier alpha value is -1.53. The maximum atomic E-state index is 12.1. The molecule has 1 heterocycles. The summed E-state index contributed by atoms with van der Waals surface area (Å²) in [6, 6.07) is 8.50. The lowest BCUT2D eigenvalue weighted by Crippen LogP contribution is -2.39. The molecule has 6 heteroatoms. The van der Waals surface area contributed by atoms with Crippen molar-refractivity contribution < 1.29 is 9.59 Å². The number of anilines is 1. The third-order valence-electron chi connectivity index (χ3n) is 4.41. The van der Waals surface area contributed by atoms with E-state index in [4.69, 9.17) is 0 Å². The number of nitrogens with one attached hydrogen (secondary N) is 2. The van der Waals surface area contributed by atoms with Gasteiger partial charge in [-0.2, -0.15) is 11.8 Å². The number of hydrogen-bond donors (Lipinski definition) is 2. The van der Waals surface area contributed by atoms with Crippen molar-refractivity contribution >= 4 is 29.3 Å². The third-order valence-corrected chi connectivity index (χ3v) is 5.54. The van der Waals surface area contributed by atoms with Crippen LogP contribution < -0.4 is 10.6 Å². The molecule has 2 amide bonds. The Balaban J connectivity index is 1.50. The van der Waals surface area contributed by atoms with Crippen LogP contribution in [0.15, 0.2) is 24.3 Å². The minimum Gasteiger partial charge on any atom is -0.336 e. The first-order valence-electron chi connectivity index (χ1n) is 8.59. The molecule has 5 nitrogen and oxygen atoms in total. The number of carbonyl (C=O) groups is 2. The standard InChI is InChI=1S/C18H25N3O2S/c1-13(22)21(17-6-7-17)11-14-2-4-15(5-3-14)20-18(23)10-16-12-24-9-8-19-16/h2-5,16-17,19H,6-12H2,1H3,(H,20,23). The Morgan fingerprint density at radius 1 is 1.29 bits per heavy atom. The zero-order valence-electron chi connectivity index (χ0n) is 14.1. The van der Waals surface area contributed by atoms with E-state index >= 15 is 0 Å². The summed E-state index contributed by atoms with van der Waals surface area (Å²) in [6.45, 7) is 3.26. The van der Waals surface area contributed by atoms with Crippen molar-refractivity contribution in [2.24, 2.45) is 0 Å². The summed E-state index contributed by atoms with van der Waals surface area (Å²) in [5, 5.41) is 6.33. The summed E-state index contributed by atoms with van der Waals surface area (Å²) in [4.78, 5) is 25.7. The van der Waals surface area contributed by atoms with Crippen molar-refractivity contribution in [2.45, 2.75) is 44.8 Å². The van der Waals surface area contributed by atoms with Crippen molar-refractivity contribution in [1.29, 1.82) is 0 Å². The van der Waals surface area contributed by atoms with Crippen LogP contribution in [-0.2, 0) is 16.1 Å². The number of nitrogens with zero attached hydrogens (tertiary/aromatic N) is 1. The van der Waals surface area contributed by atoms with Gasteiger partial charge in [0.1, 0.15) is 0 Å². The Bertz CT molecular complexity index is 580. The SMILES string of the molecule is CC(=O)N(Cc1ccc(NC(=O)CC2CSCCN2)cc1)C1CC1. The van der Waals surface area contributed by atoms with Gasteiger partial charge in [0.2, 0.25) is 11.8 Å². The first-order valence-corrected chi connectivity index (χ1v) is 9.74. The van der Waals surface area contributed by atoms with E-state index in [1.807, 2.05) is 40.9 Å². The zero-order valence-corrected chi connectivity index (χ0v) is 14.9. The van der Waals surface area contributed by atoms with Gasteiger partial charge in [-0.25, -0.2) is 0 Å². The molecule has 1 aromatic carbocycles. The molecule has 0 aromatic heterocycles. The maximum Gasteiger partial charge on any atom is 0.225 e. The molecule has 1 atom stereocenters. The summed E-state index contributed by atoms with van der Waals surface area (Å²) in [6.07, 6.45) is 2.73. The molecule has 0 spiro atoms. The third kappa shape index (κ3) is 4.98. The largest absolute Gasteiger partial charge is 0.336 e. The molecular formula is C18H25N3O2S. The van der Waals surface area contributed by atoms with Gasteiger partial charge < -0.3 is 15.5 Å². The molecule has 0 radical (unpaired) electrons.